The van der Waals surface area contributed by atoms with Gasteiger partial charge in [-0.3, -0.25) is 4.79 Å². The molecule has 2 nitrogen and oxygen atoms in total. The van der Waals surface area contributed by atoms with Gasteiger partial charge in [0.1, 0.15) is 17.4 Å². The highest BCUT2D eigenvalue weighted by atomic mass is 19.1. The predicted octanol–water partition coefficient (Wildman–Crippen LogP) is 7.46. The molecule has 2 fully saturated rings. The molecule has 174 valence electrons. The number of benzene rings is 1. The van der Waals surface area contributed by atoms with Crippen molar-refractivity contribution in [3.05, 3.63) is 42.0 Å². The highest BCUT2D eigenvalue weighted by molar-refractivity contribution is 5.75. The molecule has 0 spiro atoms. The first-order valence-corrected chi connectivity index (χ1v) is 12.3. The summed E-state index contributed by atoms with van der Waals surface area (Å²) < 4.78 is 34.4. The Morgan fingerprint density at radius 2 is 1.72 bits per heavy atom. The fourth-order valence-electron chi connectivity index (χ4n) is 5.29. The molecule has 0 saturated heterocycles. The van der Waals surface area contributed by atoms with E-state index in [1.165, 1.54) is 6.42 Å². The van der Waals surface area contributed by atoms with Crippen molar-refractivity contribution in [3.63, 3.8) is 0 Å². The van der Waals surface area contributed by atoms with E-state index in [0.717, 1.165) is 75.8 Å². The second-order valence-electron chi connectivity index (χ2n) is 9.50. The first kappa shape index (κ1) is 24.5. The monoisotopic (exact) mass is 442 g/mol. The quantitative estimate of drug-likeness (QED) is 0.198. The third-order valence-corrected chi connectivity index (χ3v) is 7.54. The Bertz CT molecular complexity index is 827. The molecule has 32 heavy (non-hydrogen) atoms. The number of hydrogen-bond acceptors (Lipinski definition) is 2. The molecule has 3 rings (SSSR count). The molecule has 0 aliphatic heterocycles. The number of carbonyl (C=O) groups is 1. The number of ether oxygens (including phenoxy) is 1. The Kier molecular flexibility index (Phi) is 8.91. The molecule has 0 bridgehead atoms. The fourth-order valence-corrected chi connectivity index (χ4v) is 5.29. The van der Waals surface area contributed by atoms with Crippen LogP contribution in [0.1, 0.15) is 83.6 Å². The van der Waals surface area contributed by atoms with E-state index in [0.29, 0.717) is 11.8 Å². The number of hydrogen-bond donors (Lipinski definition) is 0. The summed E-state index contributed by atoms with van der Waals surface area (Å²) >= 11 is 0. The van der Waals surface area contributed by atoms with Crippen molar-refractivity contribution >= 4 is 5.97 Å². The molecular formula is C28H36F2O2. The zero-order valence-corrected chi connectivity index (χ0v) is 19.5. The molecular weight excluding hydrogens is 406 g/mol. The van der Waals surface area contributed by atoms with Gasteiger partial charge in [0, 0.05) is 18.1 Å². The lowest BCUT2D eigenvalue weighted by Gasteiger charge is -2.31. The van der Waals surface area contributed by atoms with Crippen molar-refractivity contribution in [1.82, 2.24) is 0 Å². The average Bonchev–Trinajstić information content (AvgIpc) is 2.80. The summed E-state index contributed by atoms with van der Waals surface area (Å²) in [6.45, 7) is 8.27. The smallest absolute Gasteiger partial charge is 0.314 e. The Balaban J connectivity index is 1.58. The van der Waals surface area contributed by atoms with Crippen LogP contribution < -0.4 is 4.74 Å². The fraction of sp³-hybridized carbons (Fsp3) is 0.607. The van der Waals surface area contributed by atoms with Crippen LogP contribution in [0.5, 0.6) is 5.75 Å². The van der Waals surface area contributed by atoms with Crippen LogP contribution in [0.25, 0.3) is 0 Å². The van der Waals surface area contributed by atoms with E-state index in [2.05, 4.69) is 32.3 Å². The van der Waals surface area contributed by atoms with E-state index in [-0.39, 0.29) is 23.1 Å². The zero-order valence-electron chi connectivity index (χ0n) is 19.5. The molecule has 0 N–H and O–H groups in total. The van der Waals surface area contributed by atoms with Gasteiger partial charge in [-0.25, -0.2) is 8.78 Å². The van der Waals surface area contributed by atoms with Crippen LogP contribution in [0.15, 0.2) is 24.8 Å². The van der Waals surface area contributed by atoms with Crippen LogP contribution in [-0.4, -0.2) is 5.97 Å². The maximum absolute atomic E-state index is 14.5. The molecule has 2 saturated carbocycles. The third kappa shape index (κ3) is 6.21. The first-order valence-electron chi connectivity index (χ1n) is 12.3. The van der Waals surface area contributed by atoms with Crippen LogP contribution in [0.4, 0.5) is 8.78 Å². The SMILES string of the molecule is C=CC(CC)[C@H]1CC[C@H](C(=O)Oc2cc(F)c(C#C[C@H]3CC[C@H](CC)CC3)c(F)c2)CC1. The normalized spacial score (nSPS) is 26.5. The van der Waals surface area contributed by atoms with E-state index >= 15 is 0 Å². The standard InChI is InChI=1S/C28H36F2O2/c1-4-19-7-9-20(10-8-19)11-16-25-26(29)17-24(18-27(25)30)32-28(31)23-14-12-22(13-15-23)21(5-2)6-3/h5,17-23H,2,4,6-10,12-15H2,1,3H3/t19-,20-,21?,22-,23-. The van der Waals surface area contributed by atoms with E-state index in [1.54, 1.807) is 0 Å². The lowest BCUT2D eigenvalue weighted by atomic mass is 9.75. The summed E-state index contributed by atoms with van der Waals surface area (Å²) in [6, 6.07) is 2.16. The van der Waals surface area contributed by atoms with Gasteiger partial charge < -0.3 is 4.74 Å². The van der Waals surface area contributed by atoms with Gasteiger partial charge in [-0.05, 0) is 75.5 Å². The second kappa shape index (κ2) is 11.6. The molecule has 2 aliphatic carbocycles. The lowest BCUT2D eigenvalue weighted by molar-refractivity contribution is -0.140. The maximum Gasteiger partial charge on any atom is 0.314 e. The van der Waals surface area contributed by atoms with Crippen molar-refractivity contribution in [1.29, 1.82) is 0 Å². The molecule has 0 amide bonds. The Labute approximate surface area is 191 Å². The van der Waals surface area contributed by atoms with Crippen LogP contribution in [0.3, 0.4) is 0 Å². The van der Waals surface area contributed by atoms with Crippen molar-refractivity contribution < 1.29 is 18.3 Å². The average molecular weight is 443 g/mol. The molecule has 1 unspecified atom stereocenters. The van der Waals surface area contributed by atoms with Gasteiger partial charge in [-0.15, -0.1) is 6.58 Å². The van der Waals surface area contributed by atoms with Crippen molar-refractivity contribution in [3.8, 4) is 17.6 Å². The van der Waals surface area contributed by atoms with Crippen molar-refractivity contribution in [2.75, 3.05) is 0 Å². The van der Waals surface area contributed by atoms with Gasteiger partial charge in [-0.2, -0.15) is 0 Å². The van der Waals surface area contributed by atoms with Crippen LogP contribution in [0, 0.1) is 53.1 Å². The molecule has 1 atom stereocenters. The minimum absolute atomic E-state index is 0.0846. The number of halogens is 2. The largest absolute Gasteiger partial charge is 0.426 e. The first-order chi connectivity index (χ1) is 15.4. The van der Waals surface area contributed by atoms with Crippen LogP contribution in [-0.2, 0) is 4.79 Å². The van der Waals surface area contributed by atoms with Crippen molar-refractivity contribution in [2.45, 2.75) is 78.1 Å². The number of allylic oxidation sites excluding steroid dienone is 1. The highest BCUT2D eigenvalue weighted by Crippen LogP contribution is 2.36. The van der Waals surface area contributed by atoms with E-state index in [9.17, 15) is 13.6 Å². The molecule has 1 aromatic carbocycles. The number of carbonyl (C=O) groups excluding carboxylic acids is 1. The summed E-state index contributed by atoms with van der Waals surface area (Å²) in [7, 11) is 0. The van der Waals surface area contributed by atoms with Crippen LogP contribution >= 0.6 is 0 Å². The molecule has 4 heteroatoms. The molecule has 0 aromatic heterocycles. The Morgan fingerprint density at radius 1 is 1.09 bits per heavy atom. The minimum atomic E-state index is -0.775. The van der Waals surface area contributed by atoms with Gasteiger partial charge in [0.2, 0.25) is 0 Å². The molecule has 1 aromatic rings. The van der Waals surface area contributed by atoms with E-state index in [1.807, 2.05) is 6.08 Å². The lowest BCUT2D eigenvalue weighted by Crippen LogP contribution is -2.28. The van der Waals surface area contributed by atoms with Gasteiger partial charge in [0.25, 0.3) is 0 Å². The number of rotatable bonds is 6. The van der Waals surface area contributed by atoms with Gasteiger partial charge >= 0.3 is 5.97 Å². The van der Waals surface area contributed by atoms with Crippen LogP contribution in [0.2, 0.25) is 0 Å². The van der Waals surface area contributed by atoms with E-state index < -0.39 is 17.6 Å². The van der Waals surface area contributed by atoms with Gasteiger partial charge in [-0.1, -0.05) is 38.2 Å². The zero-order chi connectivity index (χ0) is 23.1. The van der Waals surface area contributed by atoms with E-state index in [4.69, 9.17) is 4.74 Å². The summed E-state index contributed by atoms with van der Waals surface area (Å²) in [5.41, 5.74) is -0.238. The number of esters is 1. The Morgan fingerprint density at radius 3 is 2.25 bits per heavy atom. The summed E-state index contributed by atoms with van der Waals surface area (Å²) in [4.78, 5) is 12.6. The predicted molar refractivity (Wildman–Crippen MR) is 124 cm³/mol. The molecule has 0 radical (unpaired) electrons. The summed E-state index contributed by atoms with van der Waals surface area (Å²) in [5.74, 6) is 5.47. The topological polar surface area (TPSA) is 26.3 Å². The van der Waals surface area contributed by atoms with Crippen molar-refractivity contribution in [2.24, 2.45) is 29.6 Å². The molecule has 0 heterocycles. The minimum Gasteiger partial charge on any atom is -0.426 e. The summed E-state index contributed by atoms with van der Waals surface area (Å²) in [6.07, 6.45) is 11.8. The Hall–Kier alpha value is -2.15. The van der Waals surface area contributed by atoms with Gasteiger partial charge in [0.05, 0.1) is 11.5 Å². The molecule has 2 aliphatic rings. The second-order valence-corrected chi connectivity index (χ2v) is 9.50. The van der Waals surface area contributed by atoms with Gasteiger partial charge in [0.15, 0.2) is 0 Å². The maximum atomic E-state index is 14.5. The summed E-state index contributed by atoms with van der Waals surface area (Å²) in [5, 5.41) is 0. The third-order valence-electron chi connectivity index (χ3n) is 7.54. The highest BCUT2D eigenvalue weighted by Gasteiger charge is 2.30.